The molecule has 0 spiro atoms. The van der Waals surface area contributed by atoms with Crippen molar-refractivity contribution in [2.24, 2.45) is 16.6 Å². The first-order chi connectivity index (χ1) is 15.1. The molecule has 1 aromatic carbocycles. The number of halogens is 3. The number of carbonyl (C=O) groups is 2. The summed E-state index contributed by atoms with van der Waals surface area (Å²) in [5.74, 6) is -2.35. The summed E-state index contributed by atoms with van der Waals surface area (Å²) in [7, 11) is 0. The average molecular weight is 449 g/mol. The lowest BCUT2D eigenvalue weighted by Gasteiger charge is -2.39. The van der Waals surface area contributed by atoms with E-state index in [0.717, 1.165) is 25.0 Å². The van der Waals surface area contributed by atoms with Crippen molar-refractivity contribution in [3.8, 4) is 0 Å². The van der Waals surface area contributed by atoms with Crippen LogP contribution in [-0.4, -0.2) is 52.2 Å². The molecule has 1 unspecified atom stereocenters. The average Bonchev–Trinajstić information content (AvgIpc) is 3.61. The number of amidine groups is 1. The summed E-state index contributed by atoms with van der Waals surface area (Å²) < 4.78 is 42.0. The van der Waals surface area contributed by atoms with Crippen molar-refractivity contribution >= 4 is 23.4 Å². The van der Waals surface area contributed by atoms with Crippen LogP contribution in [0.4, 0.5) is 18.9 Å². The lowest BCUT2D eigenvalue weighted by atomic mass is 9.87. The molecule has 1 saturated carbocycles. The van der Waals surface area contributed by atoms with Crippen molar-refractivity contribution in [3.05, 3.63) is 59.7 Å². The lowest BCUT2D eigenvalue weighted by Crippen LogP contribution is -2.55. The first kappa shape index (κ1) is 23.0. The number of nitrogens with zero attached hydrogens (tertiary/aromatic N) is 3. The van der Waals surface area contributed by atoms with Crippen LogP contribution in [0.5, 0.6) is 0 Å². The molecule has 1 aliphatic heterocycles. The summed E-state index contributed by atoms with van der Waals surface area (Å²) in [6, 6.07) is 8.18. The molecule has 1 aliphatic carbocycles. The fraction of sp³-hybridized carbons (Fsp3) is 0.333. The van der Waals surface area contributed by atoms with Crippen LogP contribution in [0.2, 0.25) is 0 Å². The quantitative estimate of drug-likeness (QED) is 0.613. The molecule has 1 amide bonds. The Labute approximate surface area is 181 Å². The standard InChI is InChI=1S/C15H17F3N4O.C6H5NO2/c16-11-4-3-9(19)5-10(11)15(14(17)18)7-22(6-12(20)21-15)13(23)8-1-2-8;8-6(9)5-3-1-2-4-7-5/h3-5,8,14H,1-2,6-7,19H2,(H2,20,21);1-4H,(H,8,9). The van der Waals surface area contributed by atoms with E-state index in [2.05, 4.69) is 9.98 Å². The summed E-state index contributed by atoms with van der Waals surface area (Å²) in [5, 5.41) is 8.32. The van der Waals surface area contributed by atoms with Gasteiger partial charge in [0.05, 0.1) is 13.1 Å². The largest absolute Gasteiger partial charge is 0.477 e. The number of carbonyl (C=O) groups excluding carboxylic acids is 1. The molecule has 5 N–H and O–H groups in total. The number of alkyl halides is 2. The Kier molecular flexibility index (Phi) is 6.66. The lowest BCUT2D eigenvalue weighted by molar-refractivity contribution is -0.134. The second-order valence-electron chi connectivity index (χ2n) is 7.56. The fourth-order valence-electron chi connectivity index (χ4n) is 3.36. The molecule has 2 aliphatic rings. The van der Waals surface area contributed by atoms with Gasteiger partial charge in [-0.2, -0.15) is 0 Å². The monoisotopic (exact) mass is 449 g/mol. The molecule has 4 rings (SSSR count). The number of aliphatic imine (C=N–C) groups is 1. The van der Waals surface area contributed by atoms with Crippen LogP contribution >= 0.6 is 0 Å². The van der Waals surface area contributed by atoms with Crippen molar-refractivity contribution in [3.63, 3.8) is 0 Å². The van der Waals surface area contributed by atoms with Gasteiger partial charge >= 0.3 is 5.97 Å². The van der Waals surface area contributed by atoms with Gasteiger partial charge in [-0.1, -0.05) is 6.07 Å². The SMILES string of the molecule is NC1=NC(c2cc(N)ccc2F)(C(F)F)CN(C(=O)C2CC2)C1.O=C(O)c1ccccn1. The number of rotatable bonds is 4. The van der Waals surface area contributed by atoms with Crippen LogP contribution in [0, 0.1) is 11.7 Å². The van der Waals surface area contributed by atoms with Gasteiger partial charge in [-0.15, -0.1) is 0 Å². The van der Waals surface area contributed by atoms with Crippen LogP contribution < -0.4 is 11.5 Å². The topological polar surface area (TPSA) is 135 Å². The Bertz CT molecular complexity index is 1030. The Morgan fingerprint density at radius 1 is 1.19 bits per heavy atom. The van der Waals surface area contributed by atoms with Crippen LogP contribution in [0.1, 0.15) is 28.9 Å². The third kappa shape index (κ3) is 4.98. The number of nitrogens with two attached hydrogens (primary N) is 2. The van der Waals surface area contributed by atoms with E-state index in [1.807, 2.05) is 0 Å². The molecule has 0 saturated heterocycles. The summed E-state index contributed by atoms with van der Waals surface area (Å²) in [4.78, 5) is 31.1. The first-order valence-electron chi connectivity index (χ1n) is 9.75. The van der Waals surface area contributed by atoms with Crippen molar-refractivity contribution < 1.29 is 27.9 Å². The maximum Gasteiger partial charge on any atom is 0.354 e. The first-order valence-corrected chi connectivity index (χ1v) is 9.75. The highest BCUT2D eigenvalue weighted by Crippen LogP contribution is 2.40. The van der Waals surface area contributed by atoms with Crippen molar-refractivity contribution in [2.75, 3.05) is 18.8 Å². The highest BCUT2D eigenvalue weighted by molar-refractivity contribution is 5.90. The number of amides is 1. The predicted molar refractivity (Wildman–Crippen MR) is 111 cm³/mol. The fourth-order valence-corrected chi connectivity index (χ4v) is 3.36. The van der Waals surface area contributed by atoms with Crippen LogP contribution in [0.3, 0.4) is 0 Å². The molecule has 1 aromatic heterocycles. The number of carboxylic acids is 1. The number of hydrogen-bond acceptors (Lipinski definition) is 6. The van der Waals surface area contributed by atoms with E-state index >= 15 is 0 Å². The van der Waals surface area contributed by atoms with Crippen LogP contribution in [0.25, 0.3) is 0 Å². The Morgan fingerprint density at radius 3 is 2.44 bits per heavy atom. The zero-order valence-corrected chi connectivity index (χ0v) is 16.9. The molecular formula is C21H22F3N5O3. The van der Waals surface area contributed by atoms with E-state index in [0.29, 0.717) is 0 Å². The number of hydrogen-bond donors (Lipinski definition) is 3. The zero-order chi connectivity index (χ0) is 23.5. The number of aromatic nitrogens is 1. The molecule has 170 valence electrons. The predicted octanol–water partition coefficient (Wildman–Crippen LogP) is 2.26. The molecule has 8 nitrogen and oxygen atoms in total. The summed E-state index contributed by atoms with van der Waals surface area (Å²) in [6.07, 6.45) is -0.114. The Hall–Kier alpha value is -3.63. The number of aromatic carboxylic acids is 1. The van der Waals surface area contributed by atoms with E-state index in [-0.39, 0.29) is 41.2 Å². The molecular weight excluding hydrogens is 427 g/mol. The van der Waals surface area contributed by atoms with Crippen LogP contribution in [0.15, 0.2) is 47.6 Å². The highest BCUT2D eigenvalue weighted by Gasteiger charge is 2.49. The number of benzene rings is 1. The zero-order valence-electron chi connectivity index (χ0n) is 16.9. The van der Waals surface area contributed by atoms with Gasteiger partial charge in [0.15, 0.2) is 5.54 Å². The minimum Gasteiger partial charge on any atom is -0.477 e. The normalized spacial score (nSPS) is 20.2. The smallest absolute Gasteiger partial charge is 0.354 e. The van der Waals surface area contributed by atoms with E-state index < -0.39 is 30.3 Å². The van der Waals surface area contributed by atoms with E-state index in [9.17, 15) is 22.8 Å². The van der Waals surface area contributed by atoms with Crippen molar-refractivity contribution in [2.45, 2.75) is 24.8 Å². The van der Waals surface area contributed by atoms with Crippen molar-refractivity contribution in [1.82, 2.24) is 9.88 Å². The third-order valence-corrected chi connectivity index (χ3v) is 5.07. The summed E-state index contributed by atoms with van der Waals surface area (Å²) in [6.45, 7) is -0.436. The van der Waals surface area contributed by atoms with Gasteiger partial charge in [0.2, 0.25) is 5.91 Å². The number of anilines is 1. The maximum atomic E-state index is 14.2. The maximum absolute atomic E-state index is 14.2. The van der Waals surface area contributed by atoms with E-state index in [1.165, 1.54) is 23.2 Å². The van der Waals surface area contributed by atoms with Gasteiger partial charge in [-0.05, 0) is 43.2 Å². The Morgan fingerprint density at radius 2 is 1.91 bits per heavy atom. The van der Waals surface area contributed by atoms with Gasteiger partial charge in [-0.25, -0.2) is 22.9 Å². The van der Waals surface area contributed by atoms with Gasteiger partial charge in [0.1, 0.15) is 17.3 Å². The molecule has 1 atom stereocenters. The molecule has 32 heavy (non-hydrogen) atoms. The highest BCUT2D eigenvalue weighted by atomic mass is 19.3. The molecule has 2 heterocycles. The van der Waals surface area contributed by atoms with Gasteiger partial charge in [0, 0.05) is 23.4 Å². The summed E-state index contributed by atoms with van der Waals surface area (Å²) >= 11 is 0. The Balaban J connectivity index is 0.000000269. The number of pyridine rings is 1. The molecule has 0 radical (unpaired) electrons. The second kappa shape index (κ2) is 9.25. The molecule has 1 fully saturated rings. The van der Waals surface area contributed by atoms with E-state index in [4.69, 9.17) is 16.6 Å². The van der Waals surface area contributed by atoms with Gasteiger partial charge < -0.3 is 21.5 Å². The van der Waals surface area contributed by atoms with Crippen molar-refractivity contribution in [1.29, 1.82) is 0 Å². The van der Waals surface area contributed by atoms with Crippen LogP contribution in [-0.2, 0) is 10.3 Å². The second-order valence-corrected chi connectivity index (χ2v) is 7.56. The number of nitrogen functional groups attached to an aromatic ring is 1. The third-order valence-electron chi connectivity index (χ3n) is 5.07. The van der Waals surface area contributed by atoms with Gasteiger partial charge in [0.25, 0.3) is 6.43 Å². The molecule has 2 aromatic rings. The number of carboxylic acid groups (broad SMARTS) is 1. The minimum absolute atomic E-state index is 0.0201. The summed E-state index contributed by atoms with van der Waals surface area (Å²) in [5.41, 5.74) is 8.95. The molecule has 0 bridgehead atoms. The minimum atomic E-state index is -3.04. The van der Waals surface area contributed by atoms with Gasteiger partial charge in [-0.3, -0.25) is 9.79 Å². The molecule has 11 heteroatoms. The van der Waals surface area contributed by atoms with E-state index in [1.54, 1.807) is 12.1 Å².